The van der Waals surface area contributed by atoms with Crippen LogP contribution in [0.15, 0.2) is 104 Å². The first-order chi connectivity index (χ1) is 43.1. The van der Waals surface area contributed by atoms with Crippen LogP contribution in [-0.2, 0) is 110 Å². The summed E-state index contributed by atoms with van der Waals surface area (Å²) in [6.07, 6.45) is -10.3. The summed E-state index contributed by atoms with van der Waals surface area (Å²) in [5, 5.41) is 15.4. The van der Waals surface area contributed by atoms with Crippen LogP contribution in [0.4, 0.5) is 4.79 Å². The van der Waals surface area contributed by atoms with Gasteiger partial charge in [0, 0.05) is 27.7 Å². The van der Waals surface area contributed by atoms with E-state index >= 15 is 9.59 Å². The smallest absolute Gasteiger partial charge is 0.394 e. The molecule has 1 saturated heterocycles. The van der Waals surface area contributed by atoms with Gasteiger partial charge in [0.2, 0.25) is 29.5 Å². The molecule has 0 saturated carbocycles. The monoisotopic (exact) mass is 1290 g/mol. The van der Waals surface area contributed by atoms with Gasteiger partial charge in [-0.1, -0.05) is 145 Å². The fourth-order valence-electron chi connectivity index (χ4n) is 10.5. The van der Waals surface area contributed by atoms with Crippen molar-refractivity contribution in [3.05, 3.63) is 120 Å². The van der Waals surface area contributed by atoms with E-state index in [4.69, 9.17) is 42.3 Å². The molecule has 91 heavy (non-hydrogen) atoms. The minimum absolute atomic E-state index is 0.0867. The molecule has 1 fully saturated rings. The Morgan fingerprint density at radius 1 is 0.538 bits per heavy atom. The third kappa shape index (κ3) is 24.0. The number of nitrogens with one attached hydrogen (secondary N) is 6. The van der Waals surface area contributed by atoms with Crippen LogP contribution in [-0.4, -0.2) is 154 Å². The molecular formula is C64H88N6O20Si. The Bertz CT molecular complexity index is 2920. The third-order valence-corrected chi connectivity index (χ3v) is 20.7. The maximum absolute atomic E-state index is 15.2. The second kappa shape index (κ2) is 37.0. The van der Waals surface area contributed by atoms with E-state index in [0.29, 0.717) is 16.7 Å². The highest BCUT2D eigenvalue weighted by molar-refractivity contribution is 6.78. The van der Waals surface area contributed by atoms with Gasteiger partial charge in [0.25, 0.3) is 8.32 Å². The Balaban J connectivity index is 1.83. The molecule has 498 valence electrons. The van der Waals surface area contributed by atoms with E-state index in [1.165, 1.54) is 19.9 Å². The molecule has 0 aliphatic carbocycles. The zero-order valence-electron chi connectivity index (χ0n) is 53.6. The lowest BCUT2D eigenvalue weighted by molar-refractivity contribution is -0.228. The lowest BCUT2D eigenvalue weighted by atomic mass is 9.94. The van der Waals surface area contributed by atoms with Crippen molar-refractivity contribution in [2.24, 2.45) is 0 Å². The summed E-state index contributed by atoms with van der Waals surface area (Å²) in [6.45, 7) is 20.9. The van der Waals surface area contributed by atoms with Crippen LogP contribution in [0.3, 0.4) is 0 Å². The van der Waals surface area contributed by atoms with E-state index in [1.807, 2.05) is 41.5 Å². The van der Waals surface area contributed by atoms with E-state index in [-0.39, 0.29) is 43.1 Å². The summed E-state index contributed by atoms with van der Waals surface area (Å²) in [4.78, 5) is 151. The summed E-state index contributed by atoms with van der Waals surface area (Å²) < 4.78 is 52.0. The topological polar surface area (TPSA) is 343 Å². The largest absolute Gasteiger partial charge is 0.503 e. The second-order valence-electron chi connectivity index (χ2n) is 22.8. The number of benzene rings is 3. The first-order valence-electron chi connectivity index (χ1n) is 29.9. The highest BCUT2D eigenvalue weighted by Crippen LogP contribution is 2.42. The molecule has 1 aliphatic rings. The van der Waals surface area contributed by atoms with Gasteiger partial charge >= 0.3 is 35.9 Å². The van der Waals surface area contributed by atoms with Crippen molar-refractivity contribution in [1.29, 1.82) is 0 Å². The average molecular weight is 1290 g/mol. The van der Waals surface area contributed by atoms with Crippen LogP contribution >= 0.6 is 0 Å². The average Bonchev–Trinajstić information content (AvgIpc) is 0.873. The quantitative estimate of drug-likeness (QED) is 0.0199. The molecule has 26 nitrogen and oxygen atoms in total. The van der Waals surface area contributed by atoms with Crippen molar-refractivity contribution in [1.82, 2.24) is 31.9 Å². The van der Waals surface area contributed by atoms with Crippen molar-refractivity contribution in [3.63, 3.8) is 0 Å². The Morgan fingerprint density at radius 3 is 1.47 bits per heavy atom. The lowest BCUT2D eigenvalue weighted by Gasteiger charge is -2.45. The van der Waals surface area contributed by atoms with Crippen molar-refractivity contribution < 1.29 is 95.1 Å². The third-order valence-electron chi connectivity index (χ3n) is 14.8. The second-order valence-corrected chi connectivity index (χ2v) is 28.1. The molecule has 3 aromatic carbocycles. The minimum Gasteiger partial charge on any atom is -0.503 e. The van der Waals surface area contributed by atoms with Gasteiger partial charge in [-0.25, -0.2) is 9.59 Å². The Kier molecular flexibility index (Phi) is 30.4. The van der Waals surface area contributed by atoms with Crippen molar-refractivity contribution in [2.75, 3.05) is 13.2 Å². The van der Waals surface area contributed by atoms with E-state index in [0.717, 1.165) is 27.7 Å². The summed E-state index contributed by atoms with van der Waals surface area (Å²) in [5.74, 6) is -9.62. The van der Waals surface area contributed by atoms with Crippen molar-refractivity contribution >= 4 is 73.8 Å². The first-order valence-corrected chi connectivity index (χ1v) is 32.1. The maximum atomic E-state index is 15.2. The maximum Gasteiger partial charge on any atom is 0.394 e. The molecule has 3 aromatic rings. The fourth-order valence-corrected chi connectivity index (χ4v) is 15.6. The Morgan fingerprint density at radius 2 is 1.01 bits per heavy atom. The number of ether oxygens (including phenoxy) is 8. The van der Waals surface area contributed by atoms with E-state index in [2.05, 4.69) is 38.5 Å². The van der Waals surface area contributed by atoms with Gasteiger partial charge in [0.15, 0.2) is 18.4 Å². The number of rotatable bonds is 34. The molecule has 0 spiro atoms. The molecule has 4 rings (SSSR count). The SMILES string of the molecule is C=CCOC(=O)[C@H](CC(=O)OCc1ccccc1)NC(=O)[C@@H](NC(=O)[C@@H](NC(=O)[C@H](CC(=O)N[C@@H]1O[C@H](COC(C)=O)[C@@H](OC(C)=O)[C@H](OC(C)=O)[C@H]1NC(C)=O)NC(=O)O[Si](C(C)C)(C(C)C)C(C)C)[C@@H](C)OCc1ccccc1)[C@@H](C)OCc1ccccc1. The van der Waals surface area contributed by atoms with Gasteiger partial charge in [-0.05, 0) is 47.2 Å². The molecule has 0 bridgehead atoms. The fraction of sp³-hybridized carbons (Fsp3) is 0.516. The van der Waals surface area contributed by atoms with Crippen LogP contribution in [0, 0.1) is 0 Å². The zero-order valence-corrected chi connectivity index (χ0v) is 54.6. The summed E-state index contributed by atoms with van der Waals surface area (Å²) in [7, 11) is -3.10. The number of carbonyl (C=O) groups is 11. The highest BCUT2D eigenvalue weighted by Gasteiger charge is 2.52. The number of esters is 5. The molecule has 1 aliphatic heterocycles. The standard InChI is InChI=1S/C64H88N6O20Si/c1-14-30-82-63(80)50(32-53(76)86-35-48-28-22-17-23-29-48)66-60(78)54(40(8)83-33-46-24-18-15-19-25-46)70-61(79)55(41(9)84-34-47-26-20-16-21-27-47)69-59(77)49(67-64(81)90-91(37(2)3,38(4)5)39(6)7)31-52(75)68-62-56(65-42(10)71)58(88-45(13)74)57(87-44(12)73)51(89-62)36-85-43(11)72/h14-29,37-41,49-51,54-58,62H,1,30-36H2,2-13H3,(H,65,71)(H,66,78)(H,67,81)(H,68,75)(H,69,77)(H,70,79)/t40-,41-,49+,50+,51-,54+,55+,56-,57-,58-,62-/m1/s1. The summed E-state index contributed by atoms with van der Waals surface area (Å²) in [6, 6.07) is 17.6. The molecule has 6 amide bonds. The molecule has 0 radical (unpaired) electrons. The van der Waals surface area contributed by atoms with E-state index in [9.17, 15) is 43.2 Å². The molecule has 0 unspecified atom stereocenters. The number of hydrogen-bond donors (Lipinski definition) is 6. The van der Waals surface area contributed by atoms with E-state index in [1.54, 1.807) is 91.0 Å². The van der Waals surface area contributed by atoms with Gasteiger partial charge in [-0.3, -0.25) is 43.2 Å². The van der Waals surface area contributed by atoms with E-state index < -0.39 is 160 Å². The zero-order chi connectivity index (χ0) is 67.5. The Labute approximate surface area is 531 Å². The summed E-state index contributed by atoms with van der Waals surface area (Å²) in [5.41, 5.74) is 1.48. The van der Waals surface area contributed by atoms with Crippen LogP contribution in [0.25, 0.3) is 0 Å². The molecule has 27 heteroatoms. The predicted molar refractivity (Wildman–Crippen MR) is 330 cm³/mol. The van der Waals surface area contributed by atoms with Crippen molar-refractivity contribution in [2.45, 2.75) is 199 Å². The normalized spacial score (nSPS) is 18.3. The van der Waals surface area contributed by atoms with Gasteiger partial charge in [-0.2, -0.15) is 0 Å². The van der Waals surface area contributed by atoms with Gasteiger partial charge in [-0.15, -0.1) is 0 Å². The highest BCUT2D eigenvalue weighted by atomic mass is 28.4. The predicted octanol–water partition coefficient (Wildman–Crippen LogP) is 4.95. The van der Waals surface area contributed by atoms with Gasteiger partial charge in [0.1, 0.15) is 56.1 Å². The molecule has 6 N–H and O–H groups in total. The van der Waals surface area contributed by atoms with Gasteiger partial charge in [0.05, 0.1) is 38.3 Å². The minimum atomic E-state index is -3.10. The molecule has 11 atom stereocenters. The molecule has 0 aromatic heterocycles. The summed E-state index contributed by atoms with van der Waals surface area (Å²) >= 11 is 0. The molecular weight excluding hydrogens is 1200 g/mol. The molecule has 1 heterocycles. The number of amides is 6. The van der Waals surface area contributed by atoms with Crippen LogP contribution in [0.2, 0.25) is 16.6 Å². The lowest BCUT2D eigenvalue weighted by Crippen LogP contribution is -2.69. The van der Waals surface area contributed by atoms with Crippen LogP contribution in [0.1, 0.15) is 113 Å². The van der Waals surface area contributed by atoms with Crippen molar-refractivity contribution in [3.8, 4) is 0 Å². The number of carbonyl (C=O) groups excluding carboxylic acids is 11. The Hall–Kier alpha value is -8.53. The first kappa shape index (κ1) is 74.9. The van der Waals surface area contributed by atoms with Gasteiger partial charge < -0.3 is 74.2 Å². The van der Waals surface area contributed by atoms with Crippen LogP contribution < -0.4 is 31.9 Å². The number of hydrogen-bond acceptors (Lipinski definition) is 20. The van der Waals surface area contributed by atoms with Crippen LogP contribution in [0.5, 0.6) is 0 Å².